The van der Waals surface area contributed by atoms with Crippen molar-refractivity contribution in [3.05, 3.63) is 58.5 Å². The molecule has 0 spiro atoms. The number of H-pyrrole nitrogens is 1. The molecule has 0 aliphatic heterocycles. The fourth-order valence-electron chi connectivity index (χ4n) is 2.83. The second-order valence-corrected chi connectivity index (χ2v) is 7.06. The van der Waals surface area contributed by atoms with E-state index in [1.165, 1.54) is 6.07 Å². The van der Waals surface area contributed by atoms with Crippen LogP contribution in [0, 0.1) is 24.1 Å². The van der Waals surface area contributed by atoms with Crippen LogP contribution in [-0.2, 0) is 0 Å². The Balaban J connectivity index is 1.92. The normalized spacial score (nSPS) is 11.0. The molecular formula is C18H10ClFN4S. The van der Waals surface area contributed by atoms with Crippen molar-refractivity contribution in [2.45, 2.75) is 6.92 Å². The van der Waals surface area contributed by atoms with Gasteiger partial charge in [-0.3, -0.25) is 0 Å². The largest absolute Gasteiger partial charge is 0.247 e. The van der Waals surface area contributed by atoms with Gasteiger partial charge < -0.3 is 0 Å². The van der Waals surface area contributed by atoms with Gasteiger partial charge in [0.2, 0.25) is 0 Å². The number of halogens is 2. The third-order valence-electron chi connectivity index (χ3n) is 3.99. The molecule has 25 heavy (non-hydrogen) atoms. The number of nitrogens with zero attached hydrogens (tertiary/aromatic N) is 3. The van der Waals surface area contributed by atoms with Crippen LogP contribution < -0.4 is 0 Å². The summed E-state index contributed by atoms with van der Waals surface area (Å²) in [5.41, 5.74) is 3.33. The molecule has 0 unspecified atom stereocenters. The Kier molecular flexibility index (Phi) is 3.75. The van der Waals surface area contributed by atoms with E-state index in [4.69, 9.17) is 16.9 Å². The van der Waals surface area contributed by atoms with Crippen LogP contribution >= 0.6 is 22.9 Å². The number of aryl methyl sites for hydroxylation is 1. The lowest BCUT2D eigenvalue weighted by Crippen LogP contribution is -1.85. The molecule has 0 saturated heterocycles. The molecule has 0 atom stereocenters. The van der Waals surface area contributed by atoms with Gasteiger partial charge in [-0.1, -0.05) is 16.8 Å². The molecule has 0 radical (unpaired) electrons. The lowest BCUT2D eigenvalue weighted by molar-refractivity contribution is 0.630. The van der Waals surface area contributed by atoms with Crippen molar-refractivity contribution in [3.63, 3.8) is 0 Å². The van der Waals surface area contributed by atoms with Crippen molar-refractivity contribution in [2.24, 2.45) is 0 Å². The van der Waals surface area contributed by atoms with Crippen molar-refractivity contribution in [1.82, 2.24) is 15.4 Å². The summed E-state index contributed by atoms with van der Waals surface area (Å²) in [6.07, 6.45) is 0. The van der Waals surface area contributed by atoms with E-state index in [2.05, 4.69) is 15.4 Å². The lowest BCUT2D eigenvalue weighted by atomic mass is 10.0. The molecule has 0 aliphatic carbocycles. The number of hydrogen-bond acceptors (Lipinski definition) is 4. The van der Waals surface area contributed by atoms with Crippen molar-refractivity contribution < 1.29 is 4.39 Å². The molecule has 2 aromatic heterocycles. The second kappa shape index (κ2) is 5.96. The number of rotatable bonds is 2. The van der Waals surface area contributed by atoms with Crippen LogP contribution in [0.15, 0.2) is 36.4 Å². The zero-order valence-corrected chi connectivity index (χ0v) is 14.5. The number of aromatic amines is 1. The van der Waals surface area contributed by atoms with Crippen LogP contribution in [0.1, 0.15) is 11.3 Å². The molecule has 0 saturated carbocycles. The molecule has 4 rings (SSSR count). The van der Waals surface area contributed by atoms with Crippen LogP contribution in [-0.4, -0.2) is 15.4 Å². The number of hydrogen-bond donors (Lipinski definition) is 1. The smallest absolute Gasteiger partial charge is 0.163 e. The van der Waals surface area contributed by atoms with Gasteiger partial charge in [0.1, 0.15) is 17.6 Å². The van der Waals surface area contributed by atoms with Gasteiger partial charge in [-0.15, -0.1) is 16.4 Å². The van der Waals surface area contributed by atoms with E-state index in [-0.39, 0.29) is 11.5 Å². The van der Waals surface area contributed by atoms with Crippen LogP contribution in [0.5, 0.6) is 0 Å². The molecular weight excluding hydrogens is 359 g/mol. The number of benzene rings is 2. The van der Waals surface area contributed by atoms with Crippen LogP contribution in [0.3, 0.4) is 0 Å². The molecule has 2 heterocycles. The highest BCUT2D eigenvalue weighted by Crippen LogP contribution is 2.40. The van der Waals surface area contributed by atoms with E-state index in [0.29, 0.717) is 16.3 Å². The number of fused-ring (bicyclic) bond motifs is 1. The molecule has 4 nitrogen and oxygen atoms in total. The first-order valence-corrected chi connectivity index (χ1v) is 8.57. The van der Waals surface area contributed by atoms with Crippen LogP contribution in [0.25, 0.3) is 31.8 Å². The van der Waals surface area contributed by atoms with Crippen molar-refractivity contribution in [3.8, 4) is 27.8 Å². The third kappa shape index (κ3) is 2.68. The molecule has 0 aliphatic rings. The maximum Gasteiger partial charge on any atom is 0.163 e. The number of thiophene rings is 1. The molecule has 7 heteroatoms. The number of aromatic nitrogens is 3. The predicted molar refractivity (Wildman–Crippen MR) is 97.1 cm³/mol. The summed E-state index contributed by atoms with van der Waals surface area (Å²) in [7, 11) is 0. The highest BCUT2D eigenvalue weighted by atomic mass is 35.5. The van der Waals surface area contributed by atoms with Gasteiger partial charge in [-0.2, -0.15) is 5.26 Å². The first-order valence-electron chi connectivity index (χ1n) is 7.38. The maximum atomic E-state index is 13.6. The Labute approximate surface area is 151 Å². The van der Waals surface area contributed by atoms with Crippen molar-refractivity contribution in [1.29, 1.82) is 5.26 Å². The first-order chi connectivity index (χ1) is 12.1. The first kappa shape index (κ1) is 15.8. The number of nitriles is 1. The Hall–Kier alpha value is -2.75. The maximum absolute atomic E-state index is 13.6. The van der Waals surface area contributed by atoms with Crippen LogP contribution in [0.2, 0.25) is 5.02 Å². The summed E-state index contributed by atoms with van der Waals surface area (Å²) in [6.45, 7) is 1.96. The van der Waals surface area contributed by atoms with Gasteiger partial charge in [0.25, 0.3) is 0 Å². The summed E-state index contributed by atoms with van der Waals surface area (Å²) in [4.78, 5) is 1.01. The Morgan fingerprint density at radius 2 is 2.00 bits per heavy atom. The Morgan fingerprint density at radius 1 is 1.20 bits per heavy atom. The molecule has 0 bridgehead atoms. The van der Waals surface area contributed by atoms with Gasteiger partial charge in [-0.25, -0.2) is 9.49 Å². The van der Waals surface area contributed by atoms with Crippen molar-refractivity contribution in [2.75, 3.05) is 0 Å². The highest BCUT2D eigenvalue weighted by molar-refractivity contribution is 7.22. The zero-order valence-electron chi connectivity index (χ0n) is 13.0. The lowest BCUT2D eigenvalue weighted by Gasteiger charge is -2.05. The zero-order chi connectivity index (χ0) is 17.6. The van der Waals surface area contributed by atoms with E-state index in [0.717, 1.165) is 26.1 Å². The minimum atomic E-state index is -0.256. The molecule has 1 N–H and O–H groups in total. The van der Waals surface area contributed by atoms with E-state index in [1.54, 1.807) is 29.5 Å². The summed E-state index contributed by atoms with van der Waals surface area (Å²) >= 11 is 7.87. The minimum Gasteiger partial charge on any atom is -0.247 e. The van der Waals surface area contributed by atoms with E-state index in [1.807, 2.05) is 25.1 Å². The van der Waals surface area contributed by atoms with Gasteiger partial charge in [0.05, 0.1) is 0 Å². The summed E-state index contributed by atoms with van der Waals surface area (Å²) < 4.78 is 14.6. The number of nitrogens with one attached hydrogen (secondary N) is 1. The average Bonchev–Trinajstić information content (AvgIpc) is 3.19. The molecule has 0 fully saturated rings. The third-order valence-corrected chi connectivity index (χ3v) is 5.53. The Bertz CT molecular complexity index is 1160. The van der Waals surface area contributed by atoms with Gasteiger partial charge in [0, 0.05) is 20.2 Å². The minimum absolute atomic E-state index is 0.256. The molecule has 4 aromatic rings. The van der Waals surface area contributed by atoms with Crippen molar-refractivity contribution >= 4 is 33.0 Å². The summed E-state index contributed by atoms with van der Waals surface area (Å²) in [5, 5.41) is 20.8. The molecule has 2 aromatic carbocycles. The van der Waals surface area contributed by atoms with E-state index >= 15 is 0 Å². The summed E-state index contributed by atoms with van der Waals surface area (Å²) in [5.74, 6) is -0.256. The van der Waals surface area contributed by atoms with E-state index < -0.39 is 0 Å². The van der Waals surface area contributed by atoms with Gasteiger partial charge >= 0.3 is 0 Å². The Morgan fingerprint density at radius 3 is 2.80 bits per heavy atom. The van der Waals surface area contributed by atoms with E-state index in [9.17, 15) is 4.39 Å². The monoisotopic (exact) mass is 368 g/mol. The summed E-state index contributed by atoms with van der Waals surface area (Å²) in [6, 6.07) is 12.3. The standard InChI is InChI=1S/C18H10ClFN4S/c1-9-14-7-13(20)2-3-16(14)25-18(9)11-4-10(5-12(19)6-11)17-15(8-21)22-24-23-17/h2-7H,1H3,(H,22,23,24). The van der Waals surface area contributed by atoms with Crippen LogP contribution in [0.4, 0.5) is 4.39 Å². The highest BCUT2D eigenvalue weighted by Gasteiger charge is 2.15. The SMILES string of the molecule is Cc1c(-c2cc(Cl)cc(-c3nn[nH]c3C#N)c2)sc2ccc(F)cc12. The van der Waals surface area contributed by atoms with Gasteiger partial charge in [0.15, 0.2) is 5.69 Å². The molecule has 122 valence electrons. The van der Waals surface area contributed by atoms with Gasteiger partial charge in [-0.05, 0) is 59.8 Å². The average molecular weight is 369 g/mol. The quantitative estimate of drug-likeness (QED) is 0.520. The predicted octanol–water partition coefficient (Wildman–Crippen LogP) is 5.33. The fraction of sp³-hybridized carbons (Fsp3) is 0.0556. The molecule has 0 amide bonds. The second-order valence-electron chi connectivity index (χ2n) is 5.57. The fourth-order valence-corrected chi connectivity index (χ4v) is 4.25. The topological polar surface area (TPSA) is 65.4 Å².